The summed E-state index contributed by atoms with van der Waals surface area (Å²) in [5.74, 6) is 0.169. The third kappa shape index (κ3) is 5.63. The van der Waals surface area contributed by atoms with Crippen molar-refractivity contribution >= 4 is 21.8 Å². The fraction of sp³-hybridized carbons (Fsp3) is 0.533. The molecule has 6 heteroatoms. The summed E-state index contributed by atoms with van der Waals surface area (Å²) in [6, 6.07) is 4.47. The zero-order chi connectivity index (χ0) is 15.1. The van der Waals surface area contributed by atoms with Crippen LogP contribution in [0.4, 0.5) is 4.39 Å². The van der Waals surface area contributed by atoms with Crippen molar-refractivity contribution in [3.8, 4) is 0 Å². The van der Waals surface area contributed by atoms with Gasteiger partial charge in [-0.15, -0.1) is 0 Å². The van der Waals surface area contributed by atoms with Crippen LogP contribution in [0.1, 0.15) is 31.2 Å². The van der Waals surface area contributed by atoms with Crippen LogP contribution in [0.3, 0.4) is 0 Å². The van der Waals surface area contributed by atoms with Gasteiger partial charge in [-0.1, -0.05) is 33.9 Å². The predicted molar refractivity (Wildman–Crippen MR) is 85.4 cm³/mol. The number of hydrogen-bond acceptors (Lipinski definition) is 3. The van der Waals surface area contributed by atoms with E-state index >= 15 is 0 Å². The number of hydrogen-bond donors (Lipinski definition) is 1. The van der Waals surface area contributed by atoms with Gasteiger partial charge in [-0.3, -0.25) is 4.90 Å². The topological polar surface area (TPSA) is 50.8 Å². The van der Waals surface area contributed by atoms with E-state index in [1.165, 1.54) is 37.8 Å². The molecule has 0 aromatic heterocycles. The molecule has 0 atom stereocenters. The molecule has 1 aliphatic rings. The molecular formula is C15H21BrFN3O. The number of nitrogens with two attached hydrogens (primary N) is 1. The minimum absolute atomic E-state index is 0.193. The first-order valence-electron chi connectivity index (χ1n) is 7.26. The minimum atomic E-state index is -0.293. The number of rotatable bonds is 5. The van der Waals surface area contributed by atoms with E-state index in [2.05, 4.69) is 26.0 Å². The van der Waals surface area contributed by atoms with Gasteiger partial charge in [0.2, 0.25) is 0 Å². The van der Waals surface area contributed by atoms with E-state index in [1.807, 2.05) is 0 Å². The van der Waals surface area contributed by atoms with Crippen molar-refractivity contribution in [3.63, 3.8) is 0 Å². The molecule has 1 aliphatic heterocycles. The lowest BCUT2D eigenvalue weighted by molar-refractivity contribution is 0.128. The van der Waals surface area contributed by atoms with Gasteiger partial charge in [0.1, 0.15) is 12.4 Å². The molecule has 0 bridgehead atoms. The van der Waals surface area contributed by atoms with Crippen LogP contribution in [0, 0.1) is 5.82 Å². The Labute approximate surface area is 133 Å². The van der Waals surface area contributed by atoms with Gasteiger partial charge in [0.05, 0.1) is 6.54 Å². The molecule has 2 N–H and O–H groups in total. The maximum absolute atomic E-state index is 13.1. The van der Waals surface area contributed by atoms with Gasteiger partial charge < -0.3 is 10.6 Å². The van der Waals surface area contributed by atoms with Crippen molar-refractivity contribution in [2.75, 3.05) is 19.6 Å². The van der Waals surface area contributed by atoms with Gasteiger partial charge in [-0.05, 0) is 44.1 Å². The van der Waals surface area contributed by atoms with Crippen LogP contribution in [-0.2, 0) is 11.4 Å². The third-order valence-corrected chi connectivity index (χ3v) is 4.27. The van der Waals surface area contributed by atoms with Crippen molar-refractivity contribution < 1.29 is 9.23 Å². The lowest BCUT2D eigenvalue weighted by atomic mass is 10.2. The molecule has 4 nitrogen and oxygen atoms in total. The monoisotopic (exact) mass is 357 g/mol. The normalized spacial score (nSPS) is 17.5. The summed E-state index contributed by atoms with van der Waals surface area (Å²) in [7, 11) is 0. The van der Waals surface area contributed by atoms with Gasteiger partial charge in [-0.25, -0.2) is 4.39 Å². The van der Waals surface area contributed by atoms with Gasteiger partial charge >= 0.3 is 0 Å². The smallest absolute Gasteiger partial charge is 0.153 e. The maximum Gasteiger partial charge on any atom is 0.153 e. The van der Waals surface area contributed by atoms with Gasteiger partial charge in [0.15, 0.2) is 5.84 Å². The third-order valence-electron chi connectivity index (χ3n) is 3.49. The Morgan fingerprint density at radius 2 is 2.00 bits per heavy atom. The lowest BCUT2D eigenvalue weighted by Crippen LogP contribution is -2.34. The number of halogens is 2. The number of nitrogens with zero attached hydrogens (tertiary/aromatic N) is 2. The van der Waals surface area contributed by atoms with Crippen LogP contribution in [0.2, 0.25) is 0 Å². The number of benzene rings is 1. The van der Waals surface area contributed by atoms with Gasteiger partial charge in [0, 0.05) is 10.0 Å². The molecule has 0 radical (unpaired) electrons. The Bertz CT molecular complexity index is 488. The van der Waals surface area contributed by atoms with Gasteiger partial charge in [-0.2, -0.15) is 0 Å². The van der Waals surface area contributed by atoms with Crippen molar-refractivity contribution in [2.24, 2.45) is 10.9 Å². The SMILES string of the molecule is NC(CN1CCCCCC1)=NOCc1cc(F)ccc1Br. The highest BCUT2D eigenvalue weighted by Gasteiger charge is 2.10. The second kappa shape index (κ2) is 8.34. The highest BCUT2D eigenvalue weighted by atomic mass is 79.9. The molecular weight excluding hydrogens is 337 g/mol. The average Bonchev–Trinajstić information content (AvgIpc) is 2.71. The molecule has 0 aliphatic carbocycles. The molecule has 1 aromatic rings. The quantitative estimate of drug-likeness (QED) is 0.499. The maximum atomic E-state index is 13.1. The molecule has 1 aromatic carbocycles. The zero-order valence-corrected chi connectivity index (χ0v) is 13.6. The first-order chi connectivity index (χ1) is 10.1. The van der Waals surface area contributed by atoms with Gasteiger partial charge in [0.25, 0.3) is 0 Å². The molecule has 0 unspecified atom stereocenters. The van der Waals surface area contributed by atoms with E-state index in [4.69, 9.17) is 10.6 Å². The molecule has 116 valence electrons. The van der Waals surface area contributed by atoms with E-state index in [9.17, 15) is 4.39 Å². The van der Waals surface area contributed by atoms with Crippen LogP contribution in [0.5, 0.6) is 0 Å². The lowest BCUT2D eigenvalue weighted by Gasteiger charge is -2.18. The highest BCUT2D eigenvalue weighted by Crippen LogP contribution is 2.18. The average molecular weight is 358 g/mol. The van der Waals surface area contributed by atoms with E-state index in [0.717, 1.165) is 17.6 Å². The standard InChI is InChI=1S/C15H21BrFN3O/c16-14-6-5-13(17)9-12(14)11-21-19-15(18)10-20-7-3-1-2-4-8-20/h5-6,9H,1-4,7-8,10-11H2,(H2,18,19). The summed E-state index contributed by atoms with van der Waals surface area (Å²) in [5.41, 5.74) is 6.59. The van der Waals surface area contributed by atoms with Crippen molar-refractivity contribution in [1.29, 1.82) is 0 Å². The molecule has 2 rings (SSSR count). The van der Waals surface area contributed by atoms with Crippen LogP contribution in [0.15, 0.2) is 27.8 Å². The molecule has 1 saturated heterocycles. The molecule has 1 fully saturated rings. The van der Waals surface area contributed by atoms with Crippen molar-refractivity contribution in [1.82, 2.24) is 4.90 Å². The predicted octanol–water partition coefficient (Wildman–Crippen LogP) is 3.25. The summed E-state index contributed by atoms with van der Waals surface area (Å²) < 4.78 is 13.9. The van der Waals surface area contributed by atoms with Crippen LogP contribution >= 0.6 is 15.9 Å². The Hall–Kier alpha value is -1.14. The summed E-state index contributed by atoms with van der Waals surface area (Å²) in [6.07, 6.45) is 5.00. The molecule has 0 spiro atoms. The first-order valence-corrected chi connectivity index (χ1v) is 8.05. The summed E-state index contributed by atoms with van der Waals surface area (Å²) in [4.78, 5) is 7.53. The Balaban J connectivity index is 1.81. The van der Waals surface area contributed by atoms with Crippen LogP contribution in [-0.4, -0.2) is 30.4 Å². The number of oxime groups is 1. The van der Waals surface area contributed by atoms with Crippen molar-refractivity contribution in [2.45, 2.75) is 32.3 Å². The summed E-state index contributed by atoms with van der Waals surface area (Å²) >= 11 is 3.35. The fourth-order valence-corrected chi connectivity index (χ4v) is 2.75. The molecule has 0 amide bonds. The Morgan fingerprint density at radius 3 is 2.71 bits per heavy atom. The van der Waals surface area contributed by atoms with E-state index in [0.29, 0.717) is 17.9 Å². The Morgan fingerprint density at radius 1 is 1.29 bits per heavy atom. The Kier molecular flexibility index (Phi) is 6.45. The second-order valence-corrected chi connectivity index (χ2v) is 6.14. The molecule has 0 saturated carbocycles. The zero-order valence-electron chi connectivity index (χ0n) is 12.0. The second-order valence-electron chi connectivity index (χ2n) is 5.28. The fourth-order valence-electron chi connectivity index (χ4n) is 2.39. The summed E-state index contributed by atoms with van der Waals surface area (Å²) in [5, 5.41) is 3.92. The summed E-state index contributed by atoms with van der Waals surface area (Å²) in [6.45, 7) is 2.95. The van der Waals surface area contributed by atoms with Crippen LogP contribution < -0.4 is 5.73 Å². The number of amidine groups is 1. The van der Waals surface area contributed by atoms with Crippen LogP contribution in [0.25, 0.3) is 0 Å². The highest BCUT2D eigenvalue weighted by molar-refractivity contribution is 9.10. The van der Waals surface area contributed by atoms with E-state index in [1.54, 1.807) is 6.07 Å². The first kappa shape index (κ1) is 16.2. The van der Waals surface area contributed by atoms with E-state index in [-0.39, 0.29) is 12.4 Å². The van der Waals surface area contributed by atoms with Crippen molar-refractivity contribution in [3.05, 3.63) is 34.1 Å². The molecule has 21 heavy (non-hydrogen) atoms. The van der Waals surface area contributed by atoms with E-state index < -0.39 is 0 Å². The molecule has 1 heterocycles. The number of likely N-dealkylation sites (tertiary alicyclic amines) is 1. The largest absolute Gasteiger partial charge is 0.389 e. The minimum Gasteiger partial charge on any atom is -0.389 e.